The van der Waals surface area contributed by atoms with Crippen molar-refractivity contribution in [1.82, 2.24) is 30.1 Å². The lowest BCUT2D eigenvalue weighted by Crippen LogP contribution is -2.04. The first-order valence-electron chi connectivity index (χ1n) is 7.12. The number of fused-ring (bicyclic) bond motifs is 1. The van der Waals surface area contributed by atoms with E-state index in [-0.39, 0.29) is 0 Å². The summed E-state index contributed by atoms with van der Waals surface area (Å²) in [6.45, 7) is 2.46. The Balaban J connectivity index is 1.93. The lowest BCUT2D eigenvalue weighted by atomic mass is 10.1. The Kier molecular flexibility index (Phi) is 3.25. The fourth-order valence-corrected chi connectivity index (χ4v) is 2.80. The van der Waals surface area contributed by atoms with Gasteiger partial charge in [0.25, 0.3) is 0 Å². The van der Waals surface area contributed by atoms with Crippen molar-refractivity contribution >= 4 is 27.0 Å². The molecule has 1 saturated carbocycles. The number of hydrogen-bond acceptors (Lipinski definition) is 6. The second-order valence-electron chi connectivity index (χ2n) is 5.12. The molecule has 112 valence electrons. The second kappa shape index (κ2) is 5.28. The minimum Gasteiger partial charge on any atom is -0.477 e. The maximum absolute atomic E-state index is 5.67. The Labute approximate surface area is 134 Å². The van der Waals surface area contributed by atoms with Crippen molar-refractivity contribution < 1.29 is 4.74 Å². The quantitative estimate of drug-likeness (QED) is 0.769. The summed E-state index contributed by atoms with van der Waals surface area (Å²) in [5.41, 5.74) is 3.27. The summed E-state index contributed by atoms with van der Waals surface area (Å²) in [5.74, 6) is 1.56. The predicted octanol–water partition coefficient (Wildman–Crippen LogP) is 2.85. The molecular formula is C14H13BrN6O. The number of ether oxygens (including phenoxy) is 1. The van der Waals surface area contributed by atoms with Crippen LogP contribution in [0.25, 0.3) is 22.4 Å². The van der Waals surface area contributed by atoms with E-state index in [1.165, 1.54) is 0 Å². The number of nitrogens with zero attached hydrogens (tertiary/aromatic N) is 5. The van der Waals surface area contributed by atoms with Gasteiger partial charge in [0.1, 0.15) is 22.9 Å². The van der Waals surface area contributed by atoms with Crippen LogP contribution in [0.3, 0.4) is 0 Å². The third-order valence-corrected chi connectivity index (χ3v) is 4.12. The van der Waals surface area contributed by atoms with Gasteiger partial charge in [-0.3, -0.25) is 5.10 Å². The van der Waals surface area contributed by atoms with Gasteiger partial charge in [-0.1, -0.05) is 0 Å². The van der Waals surface area contributed by atoms with Gasteiger partial charge in [0, 0.05) is 5.92 Å². The van der Waals surface area contributed by atoms with Crippen molar-refractivity contribution in [2.24, 2.45) is 0 Å². The van der Waals surface area contributed by atoms with E-state index in [0.29, 0.717) is 28.8 Å². The summed E-state index contributed by atoms with van der Waals surface area (Å²) in [5, 5.41) is 6.96. The number of H-pyrrole nitrogens is 1. The fraction of sp³-hybridized carbons (Fsp3) is 0.357. The molecule has 0 unspecified atom stereocenters. The van der Waals surface area contributed by atoms with Crippen LogP contribution in [0.2, 0.25) is 0 Å². The van der Waals surface area contributed by atoms with Gasteiger partial charge in [-0.05, 0) is 35.7 Å². The molecule has 8 heteroatoms. The number of nitrogens with one attached hydrogen (secondary N) is 1. The van der Waals surface area contributed by atoms with Crippen LogP contribution >= 0.6 is 15.9 Å². The molecular weight excluding hydrogens is 348 g/mol. The van der Waals surface area contributed by atoms with Gasteiger partial charge in [-0.25, -0.2) is 19.9 Å². The average Bonchev–Trinajstić information content (AvgIpc) is 3.32. The van der Waals surface area contributed by atoms with Crippen LogP contribution in [0.15, 0.2) is 17.1 Å². The molecule has 1 aliphatic rings. The molecule has 1 N–H and O–H groups in total. The maximum atomic E-state index is 5.67. The first-order valence-corrected chi connectivity index (χ1v) is 7.92. The molecule has 0 radical (unpaired) electrons. The van der Waals surface area contributed by atoms with E-state index in [9.17, 15) is 0 Å². The van der Waals surface area contributed by atoms with Crippen LogP contribution in [-0.4, -0.2) is 36.7 Å². The van der Waals surface area contributed by atoms with Gasteiger partial charge in [0.05, 0.1) is 18.5 Å². The Morgan fingerprint density at radius 3 is 2.95 bits per heavy atom. The summed E-state index contributed by atoms with van der Waals surface area (Å²) < 4.78 is 6.33. The molecule has 0 aliphatic heterocycles. The Bertz CT molecular complexity index is 844. The van der Waals surface area contributed by atoms with Crippen LogP contribution in [-0.2, 0) is 0 Å². The Morgan fingerprint density at radius 1 is 1.32 bits per heavy atom. The Morgan fingerprint density at radius 2 is 2.18 bits per heavy atom. The number of rotatable bonds is 4. The van der Waals surface area contributed by atoms with Crippen molar-refractivity contribution in [3.8, 4) is 17.3 Å². The van der Waals surface area contributed by atoms with E-state index in [2.05, 4.69) is 46.1 Å². The standard InChI is InChI=1S/C14H13BrN6O/c1-2-22-14-9(10(7-3-4-7)17-6-18-14)13-16-5-8-11(19-13)12(15)21-20-8/h5-7H,2-4H2,1H3,(H,20,21). The number of aromatic amines is 1. The minimum atomic E-state index is 0.448. The molecule has 0 amide bonds. The van der Waals surface area contributed by atoms with E-state index in [0.717, 1.165) is 35.1 Å². The topological polar surface area (TPSA) is 89.5 Å². The second-order valence-corrected chi connectivity index (χ2v) is 5.87. The predicted molar refractivity (Wildman–Crippen MR) is 83.6 cm³/mol. The third kappa shape index (κ3) is 2.23. The van der Waals surface area contributed by atoms with Crippen LogP contribution in [0.5, 0.6) is 5.88 Å². The molecule has 22 heavy (non-hydrogen) atoms. The molecule has 0 saturated heterocycles. The third-order valence-electron chi connectivity index (χ3n) is 3.57. The number of aromatic nitrogens is 6. The summed E-state index contributed by atoms with van der Waals surface area (Å²) in [6.07, 6.45) is 5.53. The first kappa shape index (κ1) is 13.6. The lowest BCUT2D eigenvalue weighted by Gasteiger charge is -2.11. The zero-order valence-electron chi connectivity index (χ0n) is 11.9. The van der Waals surface area contributed by atoms with E-state index in [1.54, 1.807) is 12.5 Å². The average molecular weight is 361 g/mol. The molecule has 4 rings (SSSR count). The molecule has 3 aromatic rings. The molecule has 0 bridgehead atoms. The van der Waals surface area contributed by atoms with E-state index in [4.69, 9.17) is 4.74 Å². The van der Waals surface area contributed by atoms with Crippen molar-refractivity contribution in [1.29, 1.82) is 0 Å². The molecule has 1 fully saturated rings. The minimum absolute atomic E-state index is 0.448. The highest BCUT2D eigenvalue weighted by molar-refractivity contribution is 9.10. The summed E-state index contributed by atoms with van der Waals surface area (Å²) in [7, 11) is 0. The monoisotopic (exact) mass is 360 g/mol. The van der Waals surface area contributed by atoms with Crippen LogP contribution in [0.4, 0.5) is 0 Å². The van der Waals surface area contributed by atoms with Gasteiger partial charge >= 0.3 is 0 Å². The summed E-state index contributed by atoms with van der Waals surface area (Å²) in [4.78, 5) is 17.7. The Hall–Kier alpha value is -2.09. The lowest BCUT2D eigenvalue weighted by molar-refractivity contribution is 0.327. The molecule has 3 aromatic heterocycles. The van der Waals surface area contributed by atoms with E-state index < -0.39 is 0 Å². The molecule has 3 heterocycles. The number of hydrogen-bond donors (Lipinski definition) is 1. The zero-order valence-corrected chi connectivity index (χ0v) is 13.5. The zero-order chi connectivity index (χ0) is 15.1. The van der Waals surface area contributed by atoms with Gasteiger partial charge in [0.15, 0.2) is 10.4 Å². The fourth-order valence-electron chi connectivity index (χ4n) is 2.41. The summed E-state index contributed by atoms with van der Waals surface area (Å²) in [6, 6.07) is 0. The normalized spacial score (nSPS) is 14.5. The van der Waals surface area contributed by atoms with Crippen molar-refractivity contribution in [2.75, 3.05) is 6.61 Å². The van der Waals surface area contributed by atoms with Crippen LogP contribution in [0, 0.1) is 0 Å². The van der Waals surface area contributed by atoms with Gasteiger partial charge in [0.2, 0.25) is 5.88 Å². The van der Waals surface area contributed by atoms with Gasteiger partial charge in [-0.2, -0.15) is 5.10 Å². The highest BCUT2D eigenvalue weighted by Crippen LogP contribution is 2.45. The SMILES string of the molecule is CCOc1ncnc(C2CC2)c1-c1ncc2[nH]nc(Br)c2n1. The van der Waals surface area contributed by atoms with Crippen molar-refractivity contribution in [2.45, 2.75) is 25.7 Å². The van der Waals surface area contributed by atoms with E-state index >= 15 is 0 Å². The molecule has 7 nitrogen and oxygen atoms in total. The highest BCUT2D eigenvalue weighted by Gasteiger charge is 2.31. The van der Waals surface area contributed by atoms with Gasteiger partial charge in [-0.15, -0.1) is 0 Å². The first-order chi connectivity index (χ1) is 10.8. The maximum Gasteiger partial charge on any atom is 0.228 e. The van der Waals surface area contributed by atoms with Gasteiger partial charge < -0.3 is 4.74 Å². The summed E-state index contributed by atoms with van der Waals surface area (Å²) >= 11 is 3.39. The highest BCUT2D eigenvalue weighted by atomic mass is 79.9. The molecule has 1 aliphatic carbocycles. The van der Waals surface area contributed by atoms with Crippen LogP contribution in [0.1, 0.15) is 31.4 Å². The number of halogens is 1. The smallest absolute Gasteiger partial charge is 0.228 e. The van der Waals surface area contributed by atoms with Crippen molar-refractivity contribution in [3.05, 3.63) is 22.8 Å². The molecule has 0 spiro atoms. The molecule has 0 atom stereocenters. The molecule has 0 aromatic carbocycles. The van der Waals surface area contributed by atoms with Crippen molar-refractivity contribution in [3.63, 3.8) is 0 Å². The van der Waals surface area contributed by atoms with Crippen LogP contribution < -0.4 is 4.74 Å². The van der Waals surface area contributed by atoms with E-state index in [1.807, 2.05) is 6.92 Å². The largest absolute Gasteiger partial charge is 0.477 e.